The summed E-state index contributed by atoms with van der Waals surface area (Å²) in [6.07, 6.45) is 0. The molecular formula is C7H6N4O2S. The van der Waals surface area contributed by atoms with Gasteiger partial charge in [-0.15, -0.1) is 0 Å². The van der Waals surface area contributed by atoms with Gasteiger partial charge in [-0.05, 0) is 17.6 Å². The van der Waals surface area contributed by atoms with Crippen LogP contribution in [0.1, 0.15) is 0 Å². The Balaban J connectivity index is 2.67. The van der Waals surface area contributed by atoms with Crippen molar-refractivity contribution in [2.75, 3.05) is 5.43 Å². The van der Waals surface area contributed by atoms with E-state index in [1.54, 1.807) is 6.07 Å². The summed E-state index contributed by atoms with van der Waals surface area (Å²) in [6.45, 7) is 0. The molecule has 0 aliphatic rings. The maximum Gasteiger partial charge on any atom is 0.270 e. The third-order valence-electron chi connectivity index (χ3n) is 1.80. The number of aromatic nitrogens is 1. The fourth-order valence-corrected chi connectivity index (χ4v) is 1.81. The topological polar surface area (TPSA) is 94.1 Å². The first kappa shape index (κ1) is 8.85. The fourth-order valence-electron chi connectivity index (χ4n) is 1.15. The number of nitrogens with zero attached hydrogens (tertiary/aromatic N) is 2. The molecule has 72 valence electrons. The lowest BCUT2D eigenvalue weighted by molar-refractivity contribution is -0.384. The SMILES string of the molecule is NNc1snc2ccc([N+](=O)[O-])cc12. The van der Waals surface area contributed by atoms with Gasteiger partial charge in [0.15, 0.2) is 0 Å². The van der Waals surface area contributed by atoms with Crippen molar-refractivity contribution in [2.45, 2.75) is 0 Å². The average Bonchev–Trinajstić information content (AvgIpc) is 2.59. The Morgan fingerprint density at radius 3 is 3.00 bits per heavy atom. The summed E-state index contributed by atoms with van der Waals surface area (Å²) in [5.74, 6) is 5.24. The van der Waals surface area contributed by atoms with Gasteiger partial charge in [-0.25, -0.2) is 5.84 Å². The summed E-state index contributed by atoms with van der Waals surface area (Å²) < 4.78 is 4.07. The molecule has 0 bridgehead atoms. The molecule has 6 nitrogen and oxygen atoms in total. The summed E-state index contributed by atoms with van der Waals surface area (Å²) >= 11 is 1.17. The number of nitrogens with two attached hydrogens (primary N) is 1. The van der Waals surface area contributed by atoms with Gasteiger partial charge in [-0.1, -0.05) is 0 Å². The first-order valence-corrected chi connectivity index (χ1v) is 4.50. The number of nitrogens with one attached hydrogen (secondary N) is 1. The minimum Gasteiger partial charge on any atom is -0.314 e. The third-order valence-corrected chi connectivity index (χ3v) is 2.61. The molecule has 2 aromatic rings. The maximum absolute atomic E-state index is 10.5. The Morgan fingerprint density at radius 2 is 2.36 bits per heavy atom. The van der Waals surface area contributed by atoms with Gasteiger partial charge in [0.2, 0.25) is 0 Å². The largest absolute Gasteiger partial charge is 0.314 e. The van der Waals surface area contributed by atoms with Gasteiger partial charge in [0, 0.05) is 17.5 Å². The van der Waals surface area contributed by atoms with Crippen molar-refractivity contribution in [1.82, 2.24) is 4.37 Å². The molecule has 0 radical (unpaired) electrons. The molecule has 0 spiro atoms. The van der Waals surface area contributed by atoms with E-state index < -0.39 is 4.92 Å². The van der Waals surface area contributed by atoms with Crippen molar-refractivity contribution >= 4 is 33.1 Å². The first-order valence-electron chi connectivity index (χ1n) is 3.73. The number of nitrogen functional groups attached to an aromatic ring is 1. The molecule has 0 unspecified atom stereocenters. The number of non-ortho nitro benzene ring substituents is 1. The van der Waals surface area contributed by atoms with Crippen LogP contribution >= 0.6 is 11.5 Å². The number of nitro groups is 1. The van der Waals surface area contributed by atoms with Gasteiger partial charge in [0.25, 0.3) is 5.69 Å². The van der Waals surface area contributed by atoms with Crippen LogP contribution in [0.4, 0.5) is 10.7 Å². The van der Waals surface area contributed by atoms with Crippen molar-refractivity contribution in [2.24, 2.45) is 5.84 Å². The zero-order chi connectivity index (χ0) is 10.1. The lowest BCUT2D eigenvalue weighted by Gasteiger charge is -1.94. The maximum atomic E-state index is 10.5. The third kappa shape index (κ3) is 1.28. The van der Waals surface area contributed by atoms with E-state index in [9.17, 15) is 10.1 Å². The number of hydrogen-bond acceptors (Lipinski definition) is 6. The van der Waals surface area contributed by atoms with E-state index in [-0.39, 0.29) is 5.69 Å². The number of hydrazine groups is 1. The van der Waals surface area contributed by atoms with Crippen LogP contribution in [0.5, 0.6) is 0 Å². The quantitative estimate of drug-likeness (QED) is 0.445. The molecule has 0 fully saturated rings. The van der Waals surface area contributed by atoms with E-state index in [1.165, 1.54) is 23.7 Å². The van der Waals surface area contributed by atoms with E-state index >= 15 is 0 Å². The molecule has 0 saturated carbocycles. The summed E-state index contributed by atoms with van der Waals surface area (Å²) in [5, 5.41) is 11.8. The van der Waals surface area contributed by atoms with Crippen LogP contribution < -0.4 is 11.3 Å². The molecule has 0 amide bonds. The lowest BCUT2D eigenvalue weighted by atomic mass is 10.2. The smallest absolute Gasteiger partial charge is 0.270 e. The molecule has 14 heavy (non-hydrogen) atoms. The van der Waals surface area contributed by atoms with Crippen LogP contribution in [0.15, 0.2) is 18.2 Å². The summed E-state index contributed by atoms with van der Waals surface area (Å²) in [6, 6.07) is 4.47. The van der Waals surface area contributed by atoms with Crippen molar-refractivity contribution < 1.29 is 4.92 Å². The average molecular weight is 210 g/mol. The standard InChI is InChI=1S/C7H6N4O2S/c8-9-7-5-3-4(11(12)13)1-2-6(5)10-14-7/h1-3,9H,8H2. The minimum absolute atomic E-state index is 0.0363. The normalized spacial score (nSPS) is 10.4. The van der Waals surface area contributed by atoms with Gasteiger partial charge >= 0.3 is 0 Å². The number of hydrogen-bond donors (Lipinski definition) is 2. The van der Waals surface area contributed by atoms with E-state index in [2.05, 4.69) is 9.80 Å². The fraction of sp³-hybridized carbons (Fsp3) is 0. The van der Waals surface area contributed by atoms with Crippen LogP contribution in [0.3, 0.4) is 0 Å². The number of fused-ring (bicyclic) bond motifs is 1. The second-order valence-electron chi connectivity index (χ2n) is 2.61. The van der Waals surface area contributed by atoms with Crippen LogP contribution in [-0.2, 0) is 0 Å². The number of nitro benzene ring substituents is 1. The number of rotatable bonds is 2. The van der Waals surface area contributed by atoms with Crippen molar-refractivity contribution in [3.05, 3.63) is 28.3 Å². The monoisotopic (exact) mass is 210 g/mol. The Morgan fingerprint density at radius 1 is 1.57 bits per heavy atom. The van der Waals surface area contributed by atoms with E-state index in [0.717, 1.165) is 0 Å². The highest BCUT2D eigenvalue weighted by Gasteiger charge is 2.10. The van der Waals surface area contributed by atoms with E-state index in [1.807, 2.05) is 0 Å². The number of anilines is 1. The molecule has 0 aliphatic carbocycles. The molecular weight excluding hydrogens is 204 g/mol. The molecule has 7 heteroatoms. The van der Waals surface area contributed by atoms with Gasteiger partial charge in [-0.2, -0.15) is 4.37 Å². The van der Waals surface area contributed by atoms with Crippen LogP contribution in [0.25, 0.3) is 10.9 Å². The summed E-state index contributed by atoms with van der Waals surface area (Å²) in [4.78, 5) is 10.1. The van der Waals surface area contributed by atoms with Crippen molar-refractivity contribution in [1.29, 1.82) is 0 Å². The van der Waals surface area contributed by atoms with E-state index in [0.29, 0.717) is 15.9 Å². The first-order chi connectivity index (χ1) is 6.72. The van der Waals surface area contributed by atoms with E-state index in [4.69, 9.17) is 5.84 Å². The highest BCUT2D eigenvalue weighted by molar-refractivity contribution is 7.11. The molecule has 2 rings (SSSR count). The highest BCUT2D eigenvalue weighted by atomic mass is 32.1. The zero-order valence-electron chi connectivity index (χ0n) is 6.93. The predicted molar refractivity (Wildman–Crippen MR) is 54.1 cm³/mol. The second kappa shape index (κ2) is 3.20. The molecule has 3 N–H and O–H groups in total. The molecule has 1 aromatic carbocycles. The Kier molecular flexibility index (Phi) is 2.02. The number of benzene rings is 1. The Labute approximate surface area is 82.6 Å². The molecule has 0 atom stereocenters. The lowest BCUT2D eigenvalue weighted by Crippen LogP contribution is -2.04. The van der Waals surface area contributed by atoms with Crippen LogP contribution in [0.2, 0.25) is 0 Å². The molecule has 1 heterocycles. The van der Waals surface area contributed by atoms with Gasteiger partial charge < -0.3 is 5.43 Å². The minimum atomic E-state index is -0.447. The molecule has 1 aromatic heterocycles. The summed E-state index contributed by atoms with van der Waals surface area (Å²) in [5.41, 5.74) is 3.19. The van der Waals surface area contributed by atoms with Crippen LogP contribution in [-0.4, -0.2) is 9.30 Å². The second-order valence-corrected chi connectivity index (χ2v) is 3.39. The van der Waals surface area contributed by atoms with Gasteiger partial charge in [0.1, 0.15) is 5.00 Å². The summed E-state index contributed by atoms with van der Waals surface area (Å²) in [7, 11) is 0. The molecule has 0 aliphatic heterocycles. The zero-order valence-corrected chi connectivity index (χ0v) is 7.75. The highest BCUT2D eigenvalue weighted by Crippen LogP contribution is 2.29. The predicted octanol–water partition coefficient (Wildman–Crippen LogP) is 1.49. The Bertz CT molecular complexity index is 495. The molecule has 0 saturated heterocycles. The van der Waals surface area contributed by atoms with Crippen LogP contribution in [0, 0.1) is 10.1 Å². The van der Waals surface area contributed by atoms with Gasteiger partial charge in [0.05, 0.1) is 10.4 Å². The van der Waals surface area contributed by atoms with Gasteiger partial charge in [-0.3, -0.25) is 10.1 Å². The van der Waals surface area contributed by atoms with Crippen molar-refractivity contribution in [3.63, 3.8) is 0 Å². The Hall–Kier alpha value is -1.73. The van der Waals surface area contributed by atoms with Crippen molar-refractivity contribution in [3.8, 4) is 0 Å².